The molecule has 4 rings (SSSR count). The molecule has 164 valence electrons. The standard InChI is InChI=1S/C23H24ClFN2O4/c24-19-4-1-5-20(25)21(19)23(29)27-10-2-3-17(27)15-31-18-8-6-16(7-9-18)22(28)26-11-13-30-14-12-26/h1,4-9,17H,2-3,10-15H2. The van der Waals surface area contributed by atoms with Gasteiger partial charge in [0, 0.05) is 25.2 Å². The van der Waals surface area contributed by atoms with Crippen molar-refractivity contribution in [2.24, 2.45) is 0 Å². The maximum absolute atomic E-state index is 14.2. The van der Waals surface area contributed by atoms with Crippen molar-refractivity contribution in [1.29, 1.82) is 0 Å². The lowest BCUT2D eigenvalue weighted by Crippen LogP contribution is -2.40. The zero-order valence-electron chi connectivity index (χ0n) is 17.1. The molecule has 1 unspecified atom stereocenters. The Morgan fingerprint density at radius 1 is 1.06 bits per heavy atom. The molecule has 0 aliphatic carbocycles. The van der Waals surface area contributed by atoms with Crippen LogP contribution in [-0.2, 0) is 4.74 Å². The summed E-state index contributed by atoms with van der Waals surface area (Å²) in [7, 11) is 0. The summed E-state index contributed by atoms with van der Waals surface area (Å²) >= 11 is 6.06. The molecule has 0 saturated carbocycles. The van der Waals surface area contributed by atoms with Crippen molar-refractivity contribution >= 4 is 23.4 Å². The monoisotopic (exact) mass is 446 g/mol. The second-order valence-electron chi connectivity index (χ2n) is 7.63. The number of carbonyl (C=O) groups is 2. The molecule has 0 N–H and O–H groups in total. The highest BCUT2D eigenvalue weighted by Crippen LogP contribution is 2.26. The fraction of sp³-hybridized carbons (Fsp3) is 0.391. The maximum atomic E-state index is 14.2. The van der Waals surface area contributed by atoms with Crippen LogP contribution in [0.15, 0.2) is 42.5 Å². The zero-order valence-corrected chi connectivity index (χ0v) is 17.8. The zero-order chi connectivity index (χ0) is 21.8. The van der Waals surface area contributed by atoms with Crippen molar-refractivity contribution in [1.82, 2.24) is 9.80 Å². The molecule has 6 nitrogen and oxygen atoms in total. The molecule has 0 spiro atoms. The van der Waals surface area contributed by atoms with E-state index in [-0.39, 0.29) is 29.1 Å². The first kappa shape index (κ1) is 21.6. The first-order valence-corrected chi connectivity index (χ1v) is 10.8. The van der Waals surface area contributed by atoms with Crippen molar-refractivity contribution < 1.29 is 23.5 Å². The summed E-state index contributed by atoms with van der Waals surface area (Å²) < 4.78 is 25.3. The van der Waals surface area contributed by atoms with Gasteiger partial charge in [0.25, 0.3) is 11.8 Å². The molecule has 1 atom stereocenters. The van der Waals surface area contributed by atoms with Crippen molar-refractivity contribution in [3.8, 4) is 5.75 Å². The SMILES string of the molecule is O=C(c1ccc(OCC2CCCN2C(=O)c2c(F)cccc2Cl)cc1)N1CCOCC1. The average molecular weight is 447 g/mol. The number of likely N-dealkylation sites (tertiary alicyclic amines) is 1. The van der Waals surface area contributed by atoms with Gasteiger partial charge >= 0.3 is 0 Å². The van der Waals surface area contributed by atoms with Gasteiger partial charge in [0.2, 0.25) is 0 Å². The molecule has 2 saturated heterocycles. The third kappa shape index (κ3) is 4.83. The molecule has 0 bridgehead atoms. The molecular weight excluding hydrogens is 423 g/mol. The summed E-state index contributed by atoms with van der Waals surface area (Å²) in [6.07, 6.45) is 1.59. The van der Waals surface area contributed by atoms with Gasteiger partial charge in [-0.2, -0.15) is 0 Å². The van der Waals surface area contributed by atoms with Crippen LogP contribution in [0.4, 0.5) is 4.39 Å². The van der Waals surface area contributed by atoms with Crippen LogP contribution in [0.1, 0.15) is 33.6 Å². The molecule has 0 aromatic heterocycles. The molecule has 31 heavy (non-hydrogen) atoms. The largest absolute Gasteiger partial charge is 0.491 e. The lowest BCUT2D eigenvalue weighted by Gasteiger charge is -2.27. The Labute approximate surface area is 185 Å². The van der Waals surface area contributed by atoms with E-state index in [4.69, 9.17) is 21.1 Å². The van der Waals surface area contributed by atoms with E-state index in [0.717, 1.165) is 12.8 Å². The molecule has 2 aliphatic rings. The van der Waals surface area contributed by atoms with E-state index >= 15 is 0 Å². The quantitative estimate of drug-likeness (QED) is 0.703. The summed E-state index contributed by atoms with van der Waals surface area (Å²) in [6.45, 7) is 3.12. The van der Waals surface area contributed by atoms with Gasteiger partial charge in [-0.05, 0) is 49.2 Å². The van der Waals surface area contributed by atoms with E-state index in [1.807, 2.05) is 0 Å². The normalized spacial score (nSPS) is 18.8. The molecule has 2 aliphatic heterocycles. The third-order valence-corrected chi connectivity index (χ3v) is 5.97. The molecule has 2 amide bonds. The highest BCUT2D eigenvalue weighted by Gasteiger charge is 2.32. The van der Waals surface area contributed by atoms with Crippen LogP contribution in [0.5, 0.6) is 5.75 Å². The Balaban J connectivity index is 1.37. The van der Waals surface area contributed by atoms with Crippen LogP contribution in [-0.4, -0.2) is 67.1 Å². The van der Waals surface area contributed by atoms with Crippen LogP contribution >= 0.6 is 11.6 Å². The van der Waals surface area contributed by atoms with Crippen LogP contribution in [0, 0.1) is 5.82 Å². The van der Waals surface area contributed by atoms with Gasteiger partial charge in [0.1, 0.15) is 18.2 Å². The predicted octanol–water partition coefficient (Wildman–Crippen LogP) is 3.64. The first-order valence-electron chi connectivity index (χ1n) is 10.4. The number of benzene rings is 2. The Morgan fingerprint density at radius 2 is 1.81 bits per heavy atom. The van der Waals surface area contributed by atoms with Gasteiger partial charge in [-0.3, -0.25) is 9.59 Å². The second-order valence-corrected chi connectivity index (χ2v) is 8.04. The number of morpholine rings is 1. The topological polar surface area (TPSA) is 59.1 Å². The maximum Gasteiger partial charge on any atom is 0.258 e. The number of rotatable bonds is 5. The van der Waals surface area contributed by atoms with Gasteiger partial charge in [0.15, 0.2) is 0 Å². The second kappa shape index (κ2) is 9.66. The molecular formula is C23H24ClFN2O4. The number of halogens is 2. The molecule has 2 aromatic carbocycles. The van der Waals surface area contributed by atoms with E-state index in [1.54, 1.807) is 34.1 Å². The number of nitrogens with zero attached hydrogens (tertiary/aromatic N) is 2. The van der Waals surface area contributed by atoms with Crippen molar-refractivity contribution in [3.05, 3.63) is 64.4 Å². The number of ether oxygens (including phenoxy) is 2. The summed E-state index contributed by atoms with van der Waals surface area (Å²) in [5, 5.41) is 0.108. The van der Waals surface area contributed by atoms with Gasteiger partial charge in [-0.15, -0.1) is 0 Å². The van der Waals surface area contributed by atoms with Crippen LogP contribution < -0.4 is 4.74 Å². The minimum atomic E-state index is -0.621. The summed E-state index contributed by atoms with van der Waals surface area (Å²) in [4.78, 5) is 28.8. The van der Waals surface area contributed by atoms with Crippen LogP contribution in [0.3, 0.4) is 0 Å². The first-order chi connectivity index (χ1) is 15.0. The van der Waals surface area contributed by atoms with Crippen molar-refractivity contribution in [3.63, 3.8) is 0 Å². The van der Waals surface area contributed by atoms with Gasteiger partial charge in [-0.25, -0.2) is 4.39 Å². The minimum Gasteiger partial charge on any atom is -0.491 e. The predicted molar refractivity (Wildman–Crippen MR) is 114 cm³/mol. The highest BCUT2D eigenvalue weighted by atomic mass is 35.5. The highest BCUT2D eigenvalue weighted by molar-refractivity contribution is 6.33. The molecule has 2 aromatic rings. The molecule has 2 heterocycles. The van der Waals surface area contributed by atoms with Crippen LogP contribution in [0.25, 0.3) is 0 Å². The van der Waals surface area contributed by atoms with Gasteiger partial charge in [0.05, 0.1) is 29.8 Å². The Bertz CT molecular complexity index is 927. The summed E-state index contributed by atoms with van der Waals surface area (Å²) in [5.74, 6) is -0.448. The van der Waals surface area contributed by atoms with Crippen molar-refractivity contribution in [2.75, 3.05) is 39.5 Å². The lowest BCUT2D eigenvalue weighted by molar-refractivity contribution is 0.0303. The number of hydrogen-bond acceptors (Lipinski definition) is 4. The number of amides is 2. The number of hydrogen-bond donors (Lipinski definition) is 0. The Morgan fingerprint density at radius 3 is 2.52 bits per heavy atom. The Kier molecular flexibility index (Phi) is 6.73. The molecule has 8 heteroatoms. The van der Waals surface area contributed by atoms with Crippen molar-refractivity contribution in [2.45, 2.75) is 18.9 Å². The van der Waals surface area contributed by atoms with Crippen LogP contribution in [0.2, 0.25) is 5.02 Å². The van der Waals surface area contributed by atoms with Gasteiger partial charge < -0.3 is 19.3 Å². The van der Waals surface area contributed by atoms with E-state index < -0.39 is 11.7 Å². The van der Waals surface area contributed by atoms with E-state index in [2.05, 4.69) is 0 Å². The fourth-order valence-electron chi connectivity index (χ4n) is 3.96. The van der Waals surface area contributed by atoms with E-state index in [9.17, 15) is 14.0 Å². The minimum absolute atomic E-state index is 0.0239. The third-order valence-electron chi connectivity index (χ3n) is 5.66. The summed E-state index contributed by atoms with van der Waals surface area (Å²) in [5.41, 5.74) is 0.503. The smallest absolute Gasteiger partial charge is 0.258 e. The lowest BCUT2D eigenvalue weighted by atomic mass is 10.1. The fourth-order valence-corrected chi connectivity index (χ4v) is 4.20. The van der Waals surface area contributed by atoms with E-state index in [1.165, 1.54) is 18.2 Å². The number of carbonyl (C=O) groups excluding carboxylic acids is 2. The summed E-state index contributed by atoms with van der Waals surface area (Å²) in [6, 6.07) is 11.0. The molecule has 2 fully saturated rings. The molecule has 0 radical (unpaired) electrons. The Hall–Kier alpha value is -2.64. The average Bonchev–Trinajstić information content (AvgIpc) is 3.27. The van der Waals surface area contributed by atoms with Gasteiger partial charge in [-0.1, -0.05) is 17.7 Å². The van der Waals surface area contributed by atoms with E-state index in [0.29, 0.717) is 44.2 Å².